The largest absolute Gasteiger partial charge is 0.396 e. The van der Waals surface area contributed by atoms with E-state index in [1.807, 2.05) is 6.92 Å². The Morgan fingerprint density at radius 2 is 1.72 bits per heavy atom. The van der Waals surface area contributed by atoms with Crippen molar-refractivity contribution < 1.29 is 10.2 Å². The van der Waals surface area contributed by atoms with Crippen molar-refractivity contribution in [3.8, 4) is 0 Å². The van der Waals surface area contributed by atoms with Gasteiger partial charge in [0.1, 0.15) is 0 Å². The van der Waals surface area contributed by atoms with Crippen LogP contribution in [0.4, 0.5) is 0 Å². The number of hydrogen-bond acceptors (Lipinski definition) is 2. The molecule has 0 spiro atoms. The average Bonchev–Trinajstić information content (AvgIpc) is 2.55. The summed E-state index contributed by atoms with van der Waals surface area (Å²) >= 11 is 0. The Bertz CT molecular complexity index is 377. The Balaban J connectivity index is 2.18. The van der Waals surface area contributed by atoms with Gasteiger partial charge in [0.05, 0.1) is 5.60 Å². The van der Waals surface area contributed by atoms with E-state index in [0.717, 1.165) is 12.8 Å². The summed E-state index contributed by atoms with van der Waals surface area (Å²) in [6.45, 7) is 9.17. The van der Waals surface area contributed by atoms with Crippen molar-refractivity contribution in [3.63, 3.8) is 0 Å². The Morgan fingerprint density at radius 3 is 2.33 bits per heavy atom. The van der Waals surface area contributed by atoms with Crippen LogP contribution >= 0.6 is 0 Å². The molecule has 0 amide bonds. The van der Waals surface area contributed by atoms with E-state index in [1.54, 1.807) is 0 Å². The van der Waals surface area contributed by atoms with E-state index in [1.165, 1.54) is 19.3 Å². The molecule has 0 aromatic rings. The maximum Gasteiger partial charge on any atom is 0.0715 e. The first kappa shape index (κ1) is 12.9. The minimum absolute atomic E-state index is 0.0339. The Kier molecular flexibility index (Phi) is 2.39. The second-order valence-corrected chi connectivity index (χ2v) is 8.19. The zero-order chi connectivity index (χ0) is 13.4. The average molecular weight is 252 g/mol. The first-order valence-corrected chi connectivity index (χ1v) is 7.56. The lowest BCUT2D eigenvalue weighted by Crippen LogP contribution is -2.55. The fourth-order valence-electron chi connectivity index (χ4n) is 6.38. The van der Waals surface area contributed by atoms with Crippen LogP contribution in [0.5, 0.6) is 0 Å². The first-order valence-electron chi connectivity index (χ1n) is 7.56. The van der Waals surface area contributed by atoms with Crippen molar-refractivity contribution in [2.45, 2.75) is 65.4 Å². The molecule has 2 N–H and O–H groups in total. The normalized spacial score (nSPS) is 63.0. The van der Waals surface area contributed by atoms with Gasteiger partial charge in [-0.15, -0.1) is 0 Å². The van der Waals surface area contributed by atoms with Crippen LogP contribution in [0.3, 0.4) is 0 Å². The van der Waals surface area contributed by atoms with E-state index in [4.69, 9.17) is 0 Å². The second kappa shape index (κ2) is 3.32. The molecule has 3 saturated carbocycles. The van der Waals surface area contributed by atoms with Gasteiger partial charge in [0.2, 0.25) is 0 Å². The van der Waals surface area contributed by atoms with Gasteiger partial charge in [-0.05, 0) is 55.3 Å². The lowest BCUT2D eigenvalue weighted by atomic mass is 9.56. The fraction of sp³-hybridized carbons (Fsp3) is 1.00. The molecule has 0 saturated heterocycles. The van der Waals surface area contributed by atoms with Crippen LogP contribution < -0.4 is 0 Å². The van der Waals surface area contributed by atoms with Gasteiger partial charge in [-0.3, -0.25) is 0 Å². The van der Waals surface area contributed by atoms with Crippen molar-refractivity contribution in [1.82, 2.24) is 0 Å². The van der Waals surface area contributed by atoms with E-state index in [9.17, 15) is 10.2 Å². The molecule has 4 bridgehead atoms. The Hall–Kier alpha value is -0.0800. The van der Waals surface area contributed by atoms with E-state index in [2.05, 4.69) is 20.8 Å². The third-order valence-corrected chi connectivity index (χ3v) is 7.72. The molecule has 2 nitrogen and oxygen atoms in total. The predicted octanol–water partition coefficient (Wildman–Crippen LogP) is 2.97. The molecular weight excluding hydrogens is 224 g/mol. The molecule has 0 aromatic heterocycles. The molecule has 0 radical (unpaired) electrons. The summed E-state index contributed by atoms with van der Waals surface area (Å²) in [5.41, 5.74) is -0.410. The highest BCUT2D eigenvalue weighted by Gasteiger charge is 2.75. The zero-order valence-corrected chi connectivity index (χ0v) is 12.3. The zero-order valence-electron chi connectivity index (χ0n) is 12.3. The van der Waals surface area contributed by atoms with Crippen LogP contribution in [0.25, 0.3) is 0 Å². The Morgan fingerprint density at radius 1 is 1.06 bits per heavy atom. The Labute approximate surface area is 111 Å². The van der Waals surface area contributed by atoms with Crippen molar-refractivity contribution in [3.05, 3.63) is 0 Å². The van der Waals surface area contributed by atoms with Crippen LogP contribution in [0.1, 0.15) is 59.8 Å². The van der Waals surface area contributed by atoms with Crippen LogP contribution in [-0.4, -0.2) is 22.4 Å². The monoisotopic (exact) mass is 252 g/mol. The number of rotatable bonds is 1. The molecule has 18 heavy (non-hydrogen) atoms. The third-order valence-electron chi connectivity index (χ3n) is 7.72. The van der Waals surface area contributed by atoms with Gasteiger partial charge in [-0.2, -0.15) is 0 Å². The van der Waals surface area contributed by atoms with Gasteiger partial charge in [-0.25, -0.2) is 0 Å². The summed E-state index contributed by atoms with van der Waals surface area (Å²) in [6.07, 6.45) is 5.87. The summed E-state index contributed by atoms with van der Waals surface area (Å²) in [7, 11) is 0. The standard InChI is InChI=1S/C16H28O2/c1-13(10-17)7-5-8-14(2)11-6-9-15(14,3)16(4,18)12(11)13/h11-12,17-18H,5-10H2,1-4H3/t11-,12?,13-,14?,15?,16?/m0/s1. The van der Waals surface area contributed by atoms with Gasteiger partial charge >= 0.3 is 0 Å². The van der Waals surface area contributed by atoms with Crippen molar-refractivity contribution >= 4 is 0 Å². The highest BCUT2D eigenvalue weighted by molar-refractivity contribution is 5.24. The predicted molar refractivity (Wildman–Crippen MR) is 72.1 cm³/mol. The lowest BCUT2D eigenvalue weighted by Gasteiger charge is -2.52. The van der Waals surface area contributed by atoms with Crippen molar-refractivity contribution in [2.75, 3.05) is 6.61 Å². The molecule has 3 fully saturated rings. The minimum Gasteiger partial charge on any atom is -0.396 e. The van der Waals surface area contributed by atoms with E-state index >= 15 is 0 Å². The summed E-state index contributed by atoms with van der Waals surface area (Å²) < 4.78 is 0. The SMILES string of the molecule is CC1(O)C2[C@@H]3CCC1(C)C3(C)CCC[C@@]2(C)CO. The van der Waals surface area contributed by atoms with Gasteiger partial charge < -0.3 is 10.2 Å². The summed E-state index contributed by atoms with van der Waals surface area (Å²) in [6, 6.07) is 0. The fourth-order valence-corrected chi connectivity index (χ4v) is 6.38. The van der Waals surface area contributed by atoms with Crippen molar-refractivity contribution in [2.24, 2.45) is 28.1 Å². The molecule has 104 valence electrons. The molecule has 0 aromatic carbocycles. The molecule has 3 rings (SSSR count). The topological polar surface area (TPSA) is 40.5 Å². The highest BCUT2D eigenvalue weighted by Crippen LogP contribution is 2.77. The van der Waals surface area contributed by atoms with Crippen LogP contribution in [-0.2, 0) is 0 Å². The number of aliphatic hydroxyl groups is 2. The maximum atomic E-state index is 11.3. The molecule has 3 aliphatic carbocycles. The summed E-state index contributed by atoms with van der Waals surface area (Å²) in [5.74, 6) is 0.860. The minimum atomic E-state index is -0.622. The molecular formula is C16H28O2. The van der Waals surface area contributed by atoms with Crippen LogP contribution in [0.15, 0.2) is 0 Å². The van der Waals surface area contributed by atoms with E-state index in [-0.39, 0.29) is 28.8 Å². The smallest absolute Gasteiger partial charge is 0.0715 e. The molecule has 0 heterocycles. The first-order chi connectivity index (χ1) is 8.23. The van der Waals surface area contributed by atoms with Crippen LogP contribution in [0.2, 0.25) is 0 Å². The van der Waals surface area contributed by atoms with Gasteiger partial charge in [0.25, 0.3) is 0 Å². The second-order valence-electron chi connectivity index (χ2n) is 8.19. The number of hydrogen-bond donors (Lipinski definition) is 2. The van der Waals surface area contributed by atoms with E-state index in [0.29, 0.717) is 5.92 Å². The van der Waals surface area contributed by atoms with Gasteiger partial charge in [0.15, 0.2) is 0 Å². The van der Waals surface area contributed by atoms with Gasteiger partial charge in [0, 0.05) is 12.0 Å². The molecule has 0 aliphatic heterocycles. The quantitative estimate of drug-likeness (QED) is 0.753. The number of aliphatic hydroxyl groups excluding tert-OH is 1. The van der Waals surface area contributed by atoms with Crippen molar-refractivity contribution in [1.29, 1.82) is 0 Å². The van der Waals surface area contributed by atoms with E-state index < -0.39 is 5.60 Å². The highest BCUT2D eigenvalue weighted by atomic mass is 16.3. The van der Waals surface area contributed by atoms with Crippen LogP contribution in [0, 0.1) is 28.1 Å². The van der Waals surface area contributed by atoms with Gasteiger partial charge in [-0.1, -0.05) is 27.2 Å². The summed E-state index contributed by atoms with van der Waals surface area (Å²) in [4.78, 5) is 0. The molecule has 6 atom stereocenters. The summed E-state index contributed by atoms with van der Waals surface area (Å²) in [5, 5.41) is 21.2. The molecule has 2 heteroatoms. The lowest BCUT2D eigenvalue weighted by molar-refractivity contribution is -0.151. The molecule has 4 unspecified atom stereocenters. The third kappa shape index (κ3) is 1.09. The maximum absolute atomic E-state index is 11.3. The molecule has 3 aliphatic rings.